The molecule has 1 atom stereocenters. The molecule has 1 aliphatic rings. The first-order valence-electron chi connectivity index (χ1n) is 6.14. The first kappa shape index (κ1) is 11.6. The predicted octanol–water partition coefficient (Wildman–Crippen LogP) is 1.75. The molecule has 0 aromatic heterocycles. The Morgan fingerprint density at radius 2 is 2.19 bits per heavy atom. The number of aryl methyl sites for hydroxylation is 1. The molecule has 16 heavy (non-hydrogen) atoms. The highest BCUT2D eigenvalue weighted by atomic mass is 15.2. The number of nitrogens with one attached hydrogen (secondary N) is 1. The van der Waals surface area contributed by atoms with Gasteiger partial charge in [-0.3, -0.25) is 0 Å². The molecule has 2 heteroatoms. The van der Waals surface area contributed by atoms with E-state index >= 15 is 0 Å². The van der Waals surface area contributed by atoms with Gasteiger partial charge in [0.1, 0.15) is 0 Å². The Hall–Kier alpha value is -0.860. The predicted molar refractivity (Wildman–Crippen MR) is 68.9 cm³/mol. The summed E-state index contributed by atoms with van der Waals surface area (Å²) in [5.74, 6) is 0. The number of nitrogens with zero attached hydrogens (tertiary/aromatic N) is 1. The first-order chi connectivity index (χ1) is 7.66. The molecule has 2 nitrogen and oxygen atoms in total. The van der Waals surface area contributed by atoms with Crippen molar-refractivity contribution in [2.75, 3.05) is 26.7 Å². The Bertz CT molecular complexity index is 360. The van der Waals surface area contributed by atoms with Crippen molar-refractivity contribution in [3.8, 4) is 0 Å². The molecule has 0 radical (unpaired) electrons. The molecule has 1 aromatic carbocycles. The van der Waals surface area contributed by atoms with Gasteiger partial charge in [0.05, 0.1) is 0 Å². The van der Waals surface area contributed by atoms with Gasteiger partial charge in [-0.1, -0.05) is 18.2 Å². The average molecular weight is 218 g/mol. The van der Waals surface area contributed by atoms with Crippen LogP contribution in [0.1, 0.15) is 16.7 Å². The van der Waals surface area contributed by atoms with Crippen LogP contribution < -0.4 is 5.32 Å². The summed E-state index contributed by atoms with van der Waals surface area (Å²) in [6.45, 7) is 7.87. The van der Waals surface area contributed by atoms with Crippen LogP contribution in [-0.4, -0.2) is 37.6 Å². The van der Waals surface area contributed by atoms with E-state index < -0.39 is 0 Å². The van der Waals surface area contributed by atoms with Crippen LogP contribution >= 0.6 is 0 Å². The highest BCUT2D eigenvalue weighted by molar-refractivity contribution is 5.33. The number of likely N-dealkylation sites (N-methyl/N-ethyl adjacent to an activating group) is 1. The summed E-state index contributed by atoms with van der Waals surface area (Å²) in [5.41, 5.74) is 4.35. The molecule has 1 unspecified atom stereocenters. The molecule has 1 heterocycles. The second kappa shape index (κ2) is 4.98. The molecular formula is C14H22N2. The Morgan fingerprint density at radius 1 is 1.38 bits per heavy atom. The maximum atomic E-state index is 3.60. The first-order valence-corrected chi connectivity index (χ1v) is 6.14. The van der Waals surface area contributed by atoms with Crippen molar-refractivity contribution in [2.45, 2.75) is 26.3 Å². The van der Waals surface area contributed by atoms with Crippen molar-refractivity contribution in [2.24, 2.45) is 0 Å². The van der Waals surface area contributed by atoms with Crippen molar-refractivity contribution in [1.29, 1.82) is 0 Å². The fourth-order valence-electron chi connectivity index (χ4n) is 2.43. The summed E-state index contributed by atoms with van der Waals surface area (Å²) < 4.78 is 0. The van der Waals surface area contributed by atoms with Crippen molar-refractivity contribution in [1.82, 2.24) is 10.2 Å². The van der Waals surface area contributed by atoms with Crippen molar-refractivity contribution in [3.05, 3.63) is 34.9 Å². The van der Waals surface area contributed by atoms with E-state index in [1.165, 1.54) is 23.2 Å². The lowest BCUT2D eigenvalue weighted by Gasteiger charge is -2.31. The highest BCUT2D eigenvalue weighted by Crippen LogP contribution is 2.15. The third-order valence-electron chi connectivity index (χ3n) is 3.64. The van der Waals surface area contributed by atoms with Crippen LogP contribution in [-0.2, 0) is 6.42 Å². The zero-order chi connectivity index (χ0) is 11.5. The van der Waals surface area contributed by atoms with Gasteiger partial charge in [-0.25, -0.2) is 0 Å². The van der Waals surface area contributed by atoms with E-state index in [0.29, 0.717) is 6.04 Å². The molecule has 1 N–H and O–H groups in total. The second-order valence-electron chi connectivity index (χ2n) is 4.98. The molecule has 1 aliphatic heterocycles. The summed E-state index contributed by atoms with van der Waals surface area (Å²) >= 11 is 0. The van der Waals surface area contributed by atoms with Gasteiger partial charge in [0, 0.05) is 25.7 Å². The van der Waals surface area contributed by atoms with Crippen LogP contribution in [0.25, 0.3) is 0 Å². The van der Waals surface area contributed by atoms with Crippen molar-refractivity contribution < 1.29 is 0 Å². The molecule has 1 aromatic rings. The number of piperazine rings is 1. The third-order valence-corrected chi connectivity index (χ3v) is 3.64. The minimum Gasteiger partial charge on any atom is -0.311 e. The summed E-state index contributed by atoms with van der Waals surface area (Å²) in [5, 5.41) is 3.60. The van der Waals surface area contributed by atoms with E-state index in [0.717, 1.165) is 19.5 Å². The smallest absolute Gasteiger partial charge is 0.0235 e. The Labute approximate surface area is 98.7 Å². The van der Waals surface area contributed by atoms with E-state index in [1.54, 1.807) is 0 Å². The van der Waals surface area contributed by atoms with Gasteiger partial charge in [-0.15, -0.1) is 0 Å². The highest BCUT2D eigenvalue weighted by Gasteiger charge is 2.17. The van der Waals surface area contributed by atoms with Crippen LogP contribution in [0.3, 0.4) is 0 Å². The summed E-state index contributed by atoms with van der Waals surface area (Å²) in [6, 6.07) is 7.24. The van der Waals surface area contributed by atoms with Crippen molar-refractivity contribution in [3.63, 3.8) is 0 Å². The molecule has 88 valence electrons. The maximum Gasteiger partial charge on any atom is 0.0235 e. The number of hydrogen-bond acceptors (Lipinski definition) is 2. The van der Waals surface area contributed by atoms with Crippen LogP contribution in [0, 0.1) is 13.8 Å². The molecule has 1 fully saturated rings. The fourth-order valence-corrected chi connectivity index (χ4v) is 2.43. The Balaban J connectivity index is 2.05. The van der Waals surface area contributed by atoms with E-state index in [4.69, 9.17) is 0 Å². The average Bonchev–Trinajstić information content (AvgIpc) is 2.25. The molecule has 0 bridgehead atoms. The van der Waals surface area contributed by atoms with Gasteiger partial charge in [-0.2, -0.15) is 0 Å². The number of hydrogen-bond donors (Lipinski definition) is 1. The lowest BCUT2D eigenvalue weighted by molar-refractivity contribution is 0.238. The van der Waals surface area contributed by atoms with Crippen molar-refractivity contribution >= 4 is 0 Å². The van der Waals surface area contributed by atoms with Crippen LogP contribution in [0.2, 0.25) is 0 Å². The summed E-state index contributed by atoms with van der Waals surface area (Å²) in [4.78, 5) is 2.41. The summed E-state index contributed by atoms with van der Waals surface area (Å²) in [7, 11) is 2.21. The van der Waals surface area contributed by atoms with Gasteiger partial charge < -0.3 is 10.2 Å². The van der Waals surface area contributed by atoms with E-state index in [1.807, 2.05) is 0 Å². The molecule has 0 spiro atoms. The molecular weight excluding hydrogens is 196 g/mol. The lowest BCUT2D eigenvalue weighted by Crippen LogP contribution is -2.50. The quantitative estimate of drug-likeness (QED) is 0.813. The Kier molecular flexibility index (Phi) is 3.62. The normalized spacial score (nSPS) is 22.3. The number of rotatable bonds is 2. The van der Waals surface area contributed by atoms with Gasteiger partial charge in [0.15, 0.2) is 0 Å². The van der Waals surface area contributed by atoms with E-state index in [2.05, 4.69) is 49.3 Å². The lowest BCUT2D eigenvalue weighted by atomic mass is 9.97. The van der Waals surface area contributed by atoms with Gasteiger partial charge in [-0.05, 0) is 44.0 Å². The van der Waals surface area contributed by atoms with Gasteiger partial charge in [0.2, 0.25) is 0 Å². The second-order valence-corrected chi connectivity index (χ2v) is 4.98. The summed E-state index contributed by atoms with van der Waals surface area (Å²) in [6.07, 6.45) is 1.15. The topological polar surface area (TPSA) is 15.3 Å². The Morgan fingerprint density at radius 3 is 2.94 bits per heavy atom. The zero-order valence-electron chi connectivity index (χ0n) is 10.6. The zero-order valence-corrected chi connectivity index (χ0v) is 10.6. The third kappa shape index (κ3) is 2.63. The minimum atomic E-state index is 0.610. The van der Waals surface area contributed by atoms with Gasteiger partial charge >= 0.3 is 0 Å². The fraction of sp³-hybridized carbons (Fsp3) is 0.571. The standard InChI is InChI=1S/C14H22N2/c1-11-5-4-6-13(12(11)2)9-14-10-16(3)8-7-15-14/h4-6,14-15H,7-10H2,1-3H3. The molecule has 1 saturated heterocycles. The minimum absolute atomic E-state index is 0.610. The van der Waals surface area contributed by atoms with Crippen LogP contribution in [0.4, 0.5) is 0 Å². The largest absolute Gasteiger partial charge is 0.311 e. The molecule has 2 rings (SSSR count). The van der Waals surface area contributed by atoms with Crippen LogP contribution in [0.5, 0.6) is 0 Å². The van der Waals surface area contributed by atoms with Gasteiger partial charge in [0.25, 0.3) is 0 Å². The monoisotopic (exact) mass is 218 g/mol. The molecule has 0 aliphatic carbocycles. The van der Waals surface area contributed by atoms with Crippen LogP contribution in [0.15, 0.2) is 18.2 Å². The molecule has 0 amide bonds. The van der Waals surface area contributed by atoms with E-state index in [-0.39, 0.29) is 0 Å². The maximum absolute atomic E-state index is 3.60. The molecule has 0 saturated carbocycles. The SMILES string of the molecule is Cc1cccc(CC2CN(C)CCN2)c1C. The van der Waals surface area contributed by atoms with E-state index in [9.17, 15) is 0 Å². The number of benzene rings is 1.